The van der Waals surface area contributed by atoms with Gasteiger partial charge in [-0.05, 0) is 0 Å². The number of halogens is 2. The van der Waals surface area contributed by atoms with Crippen LogP contribution in [0.4, 0.5) is 17.1 Å². The zero-order chi connectivity index (χ0) is 34.2. The van der Waals surface area contributed by atoms with Gasteiger partial charge in [-0.3, -0.25) is 0 Å². The van der Waals surface area contributed by atoms with E-state index in [1.165, 1.54) is 68.4 Å². The Morgan fingerprint density at radius 2 is 1.06 bits per heavy atom. The van der Waals surface area contributed by atoms with Gasteiger partial charge in [-0.15, -0.1) is 0 Å². The normalized spacial score (nSPS) is 13.6. The van der Waals surface area contributed by atoms with E-state index in [9.17, 15) is 0 Å². The molecule has 0 spiro atoms. The van der Waals surface area contributed by atoms with Crippen LogP contribution in [0, 0.1) is 0 Å². The summed E-state index contributed by atoms with van der Waals surface area (Å²) in [5.41, 5.74) is 15.0. The van der Waals surface area contributed by atoms with E-state index in [0.717, 1.165) is 15.7 Å². The number of hydrogen-bond acceptors (Lipinski definition) is 1. The number of benzene rings is 6. The van der Waals surface area contributed by atoms with Gasteiger partial charge in [0.25, 0.3) is 0 Å². The van der Waals surface area contributed by atoms with Crippen LogP contribution in [-0.2, 0) is 10.8 Å². The molecule has 0 unspecified atom stereocenters. The quantitative estimate of drug-likeness (QED) is 0.162. The number of nitrogens with zero attached hydrogens (tertiary/aromatic N) is 1. The van der Waals surface area contributed by atoms with E-state index in [0.29, 0.717) is 0 Å². The molecular weight excluding hydrogens is 752 g/mol. The summed E-state index contributed by atoms with van der Waals surface area (Å²) in [6, 6.07) is 44.7. The number of hydrogen-bond donors (Lipinski definition) is 0. The van der Waals surface area contributed by atoms with E-state index in [2.05, 4.69) is 168 Å². The maximum absolute atomic E-state index is 6.98. The molecule has 242 valence electrons. The molecule has 0 radical (unpaired) electrons. The first-order chi connectivity index (χ1) is 23.4. The summed E-state index contributed by atoms with van der Waals surface area (Å²) in [4.78, 5) is 2.57. The third kappa shape index (κ3) is 5.74. The molecule has 0 saturated heterocycles. The Bertz CT molecular complexity index is 2190. The third-order valence-corrected chi connectivity index (χ3v) is 13.6. The number of rotatable bonds is 3. The van der Waals surface area contributed by atoms with E-state index >= 15 is 0 Å². The summed E-state index contributed by atoms with van der Waals surface area (Å²) in [7, 11) is 0. The van der Waals surface area contributed by atoms with Crippen LogP contribution in [0.5, 0.6) is 0 Å². The molecule has 0 aromatic heterocycles. The van der Waals surface area contributed by atoms with Crippen molar-refractivity contribution in [1.82, 2.24) is 0 Å². The van der Waals surface area contributed by atoms with Gasteiger partial charge in [-0.1, -0.05) is 0 Å². The molecule has 0 bridgehead atoms. The third-order valence-electron chi connectivity index (χ3n) is 9.94. The van der Waals surface area contributed by atoms with Crippen molar-refractivity contribution >= 4 is 91.5 Å². The molecule has 5 heteroatoms. The average molecular weight is 790 g/mol. The maximum atomic E-state index is 6.98. The van der Waals surface area contributed by atoms with Gasteiger partial charge < -0.3 is 0 Å². The molecule has 0 aliphatic carbocycles. The van der Waals surface area contributed by atoms with Crippen LogP contribution in [-0.4, -0.2) is 27.6 Å². The van der Waals surface area contributed by atoms with Crippen molar-refractivity contribution in [3.8, 4) is 22.3 Å². The van der Waals surface area contributed by atoms with Gasteiger partial charge in [0, 0.05) is 0 Å². The second kappa shape index (κ2) is 12.1. The summed E-state index contributed by atoms with van der Waals surface area (Å²) in [6.07, 6.45) is 0. The molecule has 0 fully saturated rings. The van der Waals surface area contributed by atoms with Crippen molar-refractivity contribution in [1.29, 1.82) is 0 Å². The Balaban J connectivity index is 1.55. The second-order valence-corrected chi connectivity index (χ2v) is 19.3. The van der Waals surface area contributed by atoms with Crippen LogP contribution < -0.4 is 28.5 Å². The van der Waals surface area contributed by atoms with Crippen molar-refractivity contribution in [2.75, 3.05) is 4.90 Å². The topological polar surface area (TPSA) is 3.24 Å². The van der Waals surface area contributed by atoms with E-state index in [1.807, 2.05) is 0 Å². The molecule has 6 aromatic rings. The molecule has 2 aliphatic heterocycles. The standard InChI is InChI=1S/C44H38BCl2NTe/c1-43(2,3)29-21-33(27-13-9-7-10-14-27)42(34(22-29)28-15-11-8-12-16-28)48-37-25-31(46)17-19-35(37)45-36-20-18-32(47)26-39(36)49-40-24-30(44(4,5)6)23-38(48)41(40)45/h7-26H,1-6H3. The summed E-state index contributed by atoms with van der Waals surface area (Å²) in [6.45, 7) is 14.0. The minimum atomic E-state index is -0.711. The van der Waals surface area contributed by atoms with Crippen molar-refractivity contribution in [3.05, 3.63) is 142 Å². The van der Waals surface area contributed by atoms with Crippen LogP contribution in [0.15, 0.2) is 121 Å². The van der Waals surface area contributed by atoms with Gasteiger partial charge in [0.1, 0.15) is 0 Å². The van der Waals surface area contributed by atoms with Crippen LogP contribution in [0.2, 0.25) is 10.0 Å². The zero-order valence-corrected chi connectivity index (χ0v) is 32.6. The molecule has 2 aliphatic rings. The van der Waals surface area contributed by atoms with Crippen molar-refractivity contribution < 1.29 is 0 Å². The number of fused-ring (bicyclic) bond motifs is 4. The van der Waals surface area contributed by atoms with Crippen molar-refractivity contribution in [2.24, 2.45) is 0 Å². The van der Waals surface area contributed by atoms with E-state index in [4.69, 9.17) is 23.2 Å². The van der Waals surface area contributed by atoms with Crippen LogP contribution in [0.25, 0.3) is 22.3 Å². The number of anilines is 3. The van der Waals surface area contributed by atoms with Crippen LogP contribution in [0.1, 0.15) is 52.7 Å². The first kappa shape index (κ1) is 32.7. The fourth-order valence-electron chi connectivity index (χ4n) is 7.35. The van der Waals surface area contributed by atoms with Crippen LogP contribution >= 0.6 is 23.2 Å². The van der Waals surface area contributed by atoms with Gasteiger partial charge >= 0.3 is 314 Å². The predicted molar refractivity (Wildman–Crippen MR) is 216 cm³/mol. The molecule has 6 aromatic carbocycles. The average Bonchev–Trinajstić information content (AvgIpc) is 3.07. The Labute approximate surface area is 311 Å². The van der Waals surface area contributed by atoms with Gasteiger partial charge in [-0.2, -0.15) is 0 Å². The molecule has 0 atom stereocenters. The van der Waals surface area contributed by atoms with E-state index < -0.39 is 20.9 Å². The Morgan fingerprint density at radius 3 is 1.63 bits per heavy atom. The van der Waals surface area contributed by atoms with E-state index in [-0.39, 0.29) is 17.5 Å². The summed E-state index contributed by atoms with van der Waals surface area (Å²) >= 11 is 12.9. The molecule has 0 amide bonds. The Morgan fingerprint density at radius 1 is 0.531 bits per heavy atom. The molecule has 8 rings (SSSR count). The first-order valence-corrected chi connectivity index (χ1v) is 20.0. The van der Waals surface area contributed by atoms with Crippen LogP contribution in [0.3, 0.4) is 0 Å². The molecule has 0 saturated carbocycles. The summed E-state index contributed by atoms with van der Waals surface area (Å²) in [5, 5.41) is 1.54. The van der Waals surface area contributed by atoms with Gasteiger partial charge in [0.15, 0.2) is 0 Å². The van der Waals surface area contributed by atoms with Gasteiger partial charge in [0.2, 0.25) is 0 Å². The SMILES string of the molecule is CC(C)(C)c1cc(-c2ccccc2)c(N2c3cc(Cl)ccc3B3c4ccc(Cl)cc4[Te]c4cc(C(C)(C)C)cc2c43)c(-c2ccccc2)c1. The van der Waals surface area contributed by atoms with Gasteiger partial charge in [-0.25, -0.2) is 0 Å². The Hall–Kier alpha value is -3.45. The fourth-order valence-corrected chi connectivity index (χ4v) is 11.4. The van der Waals surface area contributed by atoms with Crippen molar-refractivity contribution in [3.63, 3.8) is 0 Å². The molecule has 2 heterocycles. The molecular formula is C44H38BCl2NTe. The fraction of sp³-hybridized carbons (Fsp3) is 0.182. The van der Waals surface area contributed by atoms with Crippen molar-refractivity contribution in [2.45, 2.75) is 52.4 Å². The Kier molecular flexibility index (Phi) is 8.09. The van der Waals surface area contributed by atoms with E-state index in [1.54, 1.807) is 0 Å². The molecule has 1 nitrogen and oxygen atoms in total. The zero-order valence-electron chi connectivity index (χ0n) is 28.7. The summed E-state index contributed by atoms with van der Waals surface area (Å²) in [5.74, 6) is 0. The van der Waals surface area contributed by atoms with Gasteiger partial charge in [0.05, 0.1) is 0 Å². The first-order valence-electron chi connectivity index (χ1n) is 16.9. The minimum absolute atomic E-state index is 0.0382. The molecule has 49 heavy (non-hydrogen) atoms. The molecule has 0 N–H and O–H groups in total. The predicted octanol–water partition coefficient (Wildman–Crippen LogP) is 9.19. The second-order valence-electron chi connectivity index (χ2n) is 15.3. The monoisotopic (exact) mass is 791 g/mol. The summed E-state index contributed by atoms with van der Waals surface area (Å²) < 4.78 is 2.92.